The molecule has 0 radical (unpaired) electrons. The molecule has 2 aliphatic rings. The van der Waals surface area contributed by atoms with Gasteiger partial charge < -0.3 is 10.4 Å². The minimum absolute atomic E-state index is 0.172. The van der Waals surface area contributed by atoms with Gasteiger partial charge in [-0.2, -0.15) is 0 Å². The van der Waals surface area contributed by atoms with Crippen LogP contribution in [-0.2, 0) is 6.54 Å². The molecule has 2 heterocycles. The van der Waals surface area contributed by atoms with Gasteiger partial charge in [-0.15, -0.1) is 0 Å². The second-order valence-corrected chi connectivity index (χ2v) is 7.67. The second kappa shape index (κ2) is 6.59. The Bertz CT molecular complexity index is 860. The summed E-state index contributed by atoms with van der Waals surface area (Å²) in [6.45, 7) is 1.77. The van der Waals surface area contributed by atoms with Crippen molar-refractivity contribution in [2.75, 3.05) is 13.1 Å². The Labute approximate surface area is 151 Å². The highest BCUT2D eigenvalue weighted by Gasteiger charge is 2.53. The first-order chi connectivity index (χ1) is 12.5. The van der Waals surface area contributed by atoms with Gasteiger partial charge in [0.2, 0.25) is 0 Å². The van der Waals surface area contributed by atoms with E-state index in [-0.39, 0.29) is 17.5 Å². The number of hydrogen-bond acceptors (Lipinski definition) is 4. The molecule has 2 aromatic rings. The zero-order valence-corrected chi connectivity index (χ0v) is 14.7. The van der Waals surface area contributed by atoms with E-state index in [9.17, 15) is 14.3 Å². The molecule has 1 spiro atoms. The summed E-state index contributed by atoms with van der Waals surface area (Å²) in [5, 5.41) is 14.8. The largest absolute Gasteiger partial charge is 0.387 e. The summed E-state index contributed by atoms with van der Waals surface area (Å²) in [4.78, 5) is 16.9. The summed E-state index contributed by atoms with van der Waals surface area (Å²) in [7, 11) is 0. The van der Waals surface area contributed by atoms with Crippen molar-refractivity contribution in [3.8, 4) is 11.3 Å². The van der Waals surface area contributed by atoms with Crippen molar-refractivity contribution in [1.29, 1.82) is 0 Å². The third-order valence-electron chi connectivity index (χ3n) is 6.19. The van der Waals surface area contributed by atoms with E-state index >= 15 is 0 Å². The molecule has 1 aromatic carbocycles. The molecule has 138 valence electrons. The van der Waals surface area contributed by atoms with Gasteiger partial charge in [0.25, 0.3) is 5.56 Å². The van der Waals surface area contributed by atoms with Gasteiger partial charge in [0.15, 0.2) is 0 Å². The number of piperidine rings is 1. The summed E-state index contributed by atoms with van der Waals surface area (Å²) in [5.41, 5.74) is -0.727. The highest BCUT2D eigenvalue weighted by molar-refractivity contribution is 5.58. The first kappa shape index (κ1) is 17.4. The molecule has 1 aliphatic heterocycles. The van der Waals surface area contributed by atoms with Crippen molar-refractivity contribution < 1.29 is 9.50 Å². The highest BCUT2D eigenvalue weighted by Crippen LogP contribution is 2.49. The molecule has 1 saturated heterocycles. The Morgan fingerprint density at radius 1 is 1.23 bits per heavy atom. The summed E-state index contributed by atoms with van der Waals surface area (Å²) < 4.78 is 15.4. The molecule has 26 heavy (non-hydrogen) atoms. The molecule has 2 N–H and O–H groups in total. The quantitative estimate of drug-likeness (QED) is 0.885. The Morgan fingerprint density at radius 2 is 2.00 bits per heavy atom. The van der Waals surface area contributed by atoms with Gasteiger partial charge in [0.05, 0.1) is 24.2 Å². The van der Waals surface area contributed by atoms with E-state index < -0.39 is 11.4 Å². The lowest BCUT2D eigenvalue weighted by Crippen LogP contribution is -2.60. The van der Waals surface area contributed by atoms with Gasteiger partial charge in [-0.1, -0.05) is 25.0 Å². The summed E-state index contributed by atoms with van der Waals surface area (Å²) in [6.07, 6.45) is 6.24. The SMILES string of the molecule is O=c1cc(-c2ccccc2F)ncn1CC1(O)CCNCC12CCCC2. The summed E-state index contributed by atoms with van der Waals surface area (Å²) in [6, 6.07) is 7.63. The second-order valence-electron chi connectivity index (χ2n) is 7.67. The number of aliphatic hydroxyl groups is 1. The number of benzene rings is 1. The fraction of sp³-hybridized carbons (Fsp3) is 0.500. The van der Waals surface area contributed by atoms with E-state index in [1.165, 1.54) is 23.0 Å². The van der Waals surface area contributed by atoms with Crippen LogP contribution < -0.4 is 10.9 Å². The molecular weight excluding hydrogens is 333 g/mol. The highest BCUT2D eigenvalue weighted by atomic mass is 19.1. The van der Waals surface area contributed by atoms with Crippen LogP contribution in [0.15, 0.2) is 41.5 Å². The fourth-order valence-corrected chi connectivity index (χ4v) is 4.64. The van der Waals surface area contributed by atoms with Crippen molar-refractivity contribution in [3.63, 3.8) is 0 Å². The third-order valence-corrected chi connectivity index (χ3v) is 6.19. The van der Waals surface area contributed by atoms with Gasteiger partial charge in [-0.05, 0) is 37.9 Å². The number of aromatic nitrogens is 2. The maximum Gasteiger partial charge on any atom is 0.253 e. The van der Waals surface area contributed by atoms with Crippen LogP contribution in [0.5, 0.6) is 0 Å². The lowest BCUT2D eigenvalue weighted by atomic mass is 9.66. The molecule has 1 atom stereocenters. The van der Waals surface area contributed by atoms with Gasteiger partial charge in [-0.3, -0.25) is 9.36 Å². The first-order valence-corrected chi connectivity index (χ1v) is 9.28. The van der Waals surface area contributed by atoms with Crippen LogP contribution in [0.3, 0.4) is 0 Å². The number of hydrogen-bond donors (Lipinski definition) is 2. The average Bonchev–Trinajstić information content (AvgIpc) is 3.10. The molecular formula is C20H24FN3O2. The summed E-state index contributed by atoms with van der Waals surface area (Å²) >= 11 is 0. The molecule has 5 nitrogen and oxygen atoms in total. The lowest BCUT2D eigenvalue weighted by Gasteiger charge is -2.49. The van der Waals surface area contributed by atoms with E-state index in [2.05, 4.69) is 10.3 Å². The van der Waals surface area contributed by atoms with Crippen LogP contribution in [0, 0.1) is 11.2 Å². The number of nitrogens with zero attached hydrogens (tertiary/aromatic N) is 2. The van der Waals surface area contributed by atoms with E-state index in [0.717, 1.165) is 38.8 Å². The van der Waals surface area contributed by atoms with Crippen LogP contribution in [0.4, 0.5) is 4.39 Å². The zero-order chi connectivity index (χ0) is 18.2. The molecule has 1 aromatic heterocycles. The standard InChI is InChI=1S/C20H24FN3O2/c21-16-6-2-1-5-15(16)17-11-18(25)24(14-23-17)13-20(26)9-10-22-12-19(20)7-3-4-8-19/h1-2,5-6,11,14,22,26H,3-4,7-10,12-13H2. The Balaban J connectivity index is 1.64. The van der Waals surface area contributed by atoms with Gasteiger partial charge in [0, 0.05) is 23.6 Å². The maximum absolute atomic E-state index is 13.9. The van der Waals surface area contributed by atoms with E-state index in [1.54, 1.807) is 18.2 Å². The van der Waals surface area contributed by atoms with Crippen LogP contribution in [0.25, 0.3) is 11.3 Å². The van der Waals surface area contributed by atoms with Crippen molar-refractivity contribution in [1.82, 2.24) is 14.9 Å². The van der Waals surface area contributed by atoms with Crippen LogP contribution >= 0.6 is 0 Å². The van der Waals surface area contributed by atoms with Gasteiger partial charge in [0.1, 0.15) is 5.82 Å². The summed E-state index contributed by atoms with van der Waals surface area (Å²) in [5.74, 6) is -0.404. The zero-order valence-electron chi connectivity index (χ0n) is 14.7. The van der Waals surface area contributed by atoms with Gasteiger partial charge >= 0.3 is 0 Å². The molecule has 4 rings (SSSR count). The van der Waals surface area contributed by atoms with Crippen LogP contribution in [0.1, 0.15) is 32.1 Å². The van der Waals surface area contributed by atoms with Crippen LogP contribution in [-0.4, -0.2) is 33.3 Å². The molecule has 6 heteroatoms. The Kier molecular flexibility index (Phi) is 4.40. The molecule has 1 aliphatic carbocycles. The van der Waals surface area contributed by atoms with Crippen molar-refractivity contribution in [2.45, 2.75) is 44.2 Å². The van der Waals surface area contributed by atoms with Crippen molar-refractivity contribution in [3.05, 3.63) is 52.8 Å². The minimum atomic E-state index is -0.917. The minimum Gasteiger partial charge on any atom is -0.387 e. The number of nitrogens with one attached hydrogen (secondary N) is 1. The maximum atomic E-state index is 13.9. The van der Waals surface area contributed by atoms with Crippen LogP contribution in [0.2, 0.25) is 0 Å². The topological polar surface area (TPSA) is 67.2 Å². The van der Waals surface area contributed by atoms with Gasteiger partial charge in [-0.25, -0.2) is 9.37 Å². The predicted molar refractivity (Wildman–Crippen MR) is 97.2 cm³/mol. The molecule has 2 fully saturated rings. The fourth-order valence-electron chi connectivity index (χ4n) is 4.64. The monoisotopic (exact) mass is 357 g/mol. The smallest absolute Gasteiger partial charge is 0.253 e. The number of rotatable bonds is 3. The lowest BCUT2D eigenvalue weighted by molar-refractivity contribution is -0.115. The molecule has 1 unspecified atom stereocenters. The Hall–Kier alpha value is -2.05. The van der Waals surface area contributed by atoms with E-state index in [4.69, 9.17) is 0 Å². The molecule has 0 bridgehead atoms. The van der Waals surface area contributed by atoms with Crippen molar-refractivity contribution >= 4 is 0 Å². The van der Waals surface area contributed by atoms with E-state index in [1.807, 2.05) is 0 Å². The molecule has 0 amide bonds. The number of halogens is 1. The first-order valence-electron chi connectivity index (χ1n) is 9.28. The normalized spacial score (nSPS) is 24.8. The predicted octanol–water partition coefficient (Wildman–Crippen LogP) is 2.33. The van der Waals surface area contributed by atoms with Crippen molar-refractivity contribution in [2.24, 2.45) is 5.41 Å². The average molecular weight is 357 g/mol. The molecule has 1 saturated carbocycles. The Morgan fingerprint density at radius 3 is 2.73 bits per heavy atom. The van der Waals surface area contributed by atoms with E-state index in [0.29, 0.717) is 17.7 Å². The third kappa shape index (κ3) is 2.87.